The number of hydrogen-bond acceptors (Lipinski definition) is 5. The number of alkyl halides is 4. The van der Waals surface area contributed by atoms with Crippen molar-refractivity contribution >= 4 is 22.0 Å². The highest BCUT2D eigenvalue weighted by molar-refractivity contribution is 7.88. The lowest BCUT2D eigenvalue weighted by atomic mass is 10.1. The van der Waals surface area contributed by atoms with Gasteiger partial charge in [-0.2, -0.15) is 17.6 Å². The molecule has 168 valence electrons. The van der Waals surface area contributed by atoms with E-state index in [1.165, 1.54) is 28.4 Å². The fourth-order valence-corrected chi connectivity index (χ4v) is 3.77. The average Bonchev–Trinajstić information content (AvgIpc) is 2.65. The van der Waals surface area contributed by atoms with Crippen LogP contribution in [0.4, 0.5) is 17.6 Å². The Morgan fingerprint density at radius 3 is 2.30 bits per heavy atom. The Labute approximate surface area is 171 Å². The predicted octanol–water partition coefficient (Wildman–Crippen LogP) is 2.79. The number of benzene rings is 1. The van der Waals surface area contributed by atoms with Gasteiger partial charge in [0.2, 0.25) is 15.9 Å². The second-order valence-corrected chi connectivity index (χ2v) is 8.67. The standard InChI is InChI=1S/C18H22F4N2O5S/c1-23(30(2,26)27)13-7-9-24(10-8-13)16(25)6-4-12-3-5-14(28-17(19)20)11-15(12)29-18(21)22/h3-6,11,13,17-18H,7-10H2,1-2H3/b6-4+. The molecule has 1 aromatic rings. The van der Waals surface area contributed by atoms with Crippen LogP contribution in [0.2, 0.25) is 0 Å². The number of carbonyl (C=O) groups excluding carboxylic acids is 1. The van der Waals surface area contributed by atoms with E-state index in [9.17, 15) is 30.8 Å². The molecule has 0 bridgehead atoms. The highest BCUT2D eigenvalue weighted by atomic mass is 32.2. The third kappa shape index (κ3) is 6.87. The minimum Gasteiger partial charge on any atom is -0.435 e. The van der Waals surface area contributed by atoms with E-state index in [4.69, 9.17) is 0 Å². The minimum absolute atomic E-state index is 0.0805. The molecule has 0 unspecified atom stereocenters. The zero-order valence-corrected chi connectivity index (χ0v) is 17.1. The maximum Gasteiger partial charge on any atom is 0.387 e. The van der Waals surface area contributed by atoms with Gasteiger partial charge in [0.15, 0.2) is 0 Å². The second-order valence-electron chi connectivity index (χ2n) is 6.63. The summed E-state index contributed by atoms with van der Waals surface area (Å²) in [5.74, 6) is -1.17. The summed E-state index contributed by atoms with van der Waals surface area (Å²) in [5.41, 5.74) is 0.0805. The van der Waals surface area contributed by atoms with Gasteiger partial charge in [0.25, 0.3) is 0 Å². The Morgan fingerprint density at radius 1 is 1.17 bits per heavy atom. The van der Waals surface area contributed by atoms with Crippen molar-refractivity contribution in [2.45, 2.75) is 32.1 Å². The fourth-order valence-electron chi connectivity index (χ4n) is 3.01. The zero-order valence-electron chi connectivity index (χ0n) is 16.3. The molecule has 1 heterocycles. The minimum atomic E-state index is -3.33. The lowest BCUT2D eigenvalue weighted by Crippen LogP contribution is -2.46. The molecule has 0 saturated carbocycles. The molecule has 0 aliphatic carbocycles. The van der Waals surface area contributed by atoms with Crippen LogP contribution >= 0.6 is 0 Å². The number of halogens is 4. The van der Waals surface area contributed by atoms with Crippen molar-refractivity contribution in [3.8, 4) is 11.5 Å². The first-order valence-electron chi connectivity index (χ1n) is 8.91. The van der Waals surface area contributed by atoms with Gasteiger partial charge in [-0.1, -0.05) is 0 Å². The van der Waals surface area contributed by atoms with E-state index in [1.807, 2.05) is 0 Å². The van der Waals surface area contributed by atoms with Crippen LogP contribution in [0.1, 0.15) is 18.4 Å². The molecule has 7 nitrogen and oxygen atoms in total. The Hall–Kier alpha value is -2.34. The molecule has 0 N–H and O–H groups in total. The largest absolute Gasteiger partial charge is 0.435 e. The van der Waals surface area contributed by atoms with Crippen LogP contribution in [0.25, 0.3) is 6.08 Å². The average molecular weight is 454 g/mol. The monoisotopic (exact) mass is 454 g/mol. The van der Waals surface area contributed by atoms with Crippen molar-refractivity contribution in [1.29, 1.82) is 0 Å². The van der Waals surface area contributed by atoms with Crippen LogP contribution in [-0.4, -0.2) is 69.2 Å². The van der Waals surface area contributed by atoms with Gasteiger partial charge < -0.3 is 14.4 Å². The number of rotatable bonds is 8. The van der Waals surface area contributed by atoms with E-state index in [2.05, 4.69) is 9.47 Å². The summed E-state index contributed by atoms with van der Waals surface area (Å²) in [6, 6.07) is 3.03. The van der Waals surface area contributed by atoms with Crippen LogP contribution < -0.4 is 9.47 Å². The molecule has 0 radical (unpaired) electrons. The maximum absolute atomic E-state index is 12.6. The van der Waals surface area contributed by atoms with Gasteiger partial charge >= 0.3 is 13.2 Å². The molecule has 1 fully saturated rings. The quantitative estimate of drug-likeness (QED) is 0.446. The van der Waals surface area contributed by atoms with Gasteiger partial charge in [0, 0.05) is 43.9 Å². The maximum atomic E-state index is 12.6. The van der Waals surface area contributed by atoms with Crippen LogP contribution in [-0.2, 0) is 14.8 Å². The number of likely N-dealkylation sites (tertiary alicyclic amines) is 1. The number of hydrogen-bond donors (Lipinski definition) is 0. The number of nitrogens with zero attached hydrogens (tertiary/aromatic N) is 2. The van der Waals surface area contributed by atoms with Gasteiger partial charge in [0.05, 0.1) is 6.26 Å². The van der Waals surface area contributed by atoms with E-state index in [-0.39, 0.29) is 17.4 Å². The van der Waals surface area contributed by atoms with E-state index in [0.29, 0.717) is 25.9 Å². The smallest absolute Gasteiger partial charge is 0.387 e. The summed E-state index contributed by atoms with van der Waals surface area (Å²) in [6.45, 7) is -5.66. The third-order valence-corrected chi connectivity index (χ3v) is 5.99. The van der Waals surface area contributed by atoms with Crippen LogP contribution in [0.3, 0.4) is 0 Å². The van der Waals surface area contributed by atoms with Crippen molar-refractivity contribution in [3.63, 3.8) is 0 Å². The third-order valence-electron chi connectivity index (χ3n) is 4.65. The molecule has 0 aromatic heterocycles. The number of piperidine rings is 1. The van der Waals surface area contributed by atoms with Crippen LogP contribution in [0.5, 0.6) is 11.5 Å². The molecular weight excluding hydrogens is 432 g/mol. The first-order valence-corrected chi connectivity index (χ1v) is 10.8. The summed E-state index contributed by atoms with van der Waals surface area (Å²) >= 11 is 0. The van der Waals surface area contributed by atoms with Gasteiger partial charge in [-0.05, 0) is 31.1 Å². The number of ether oxygens (including phenoxy) is 2. The van der Waals surface area contributed by atoms with Crippen molar-refractivity contribution in [2.24, 2.45) is 0 Å². The lowest BCUT2D eigenvalue weighted by Gasteiger charge is -2.35. The molecular formula is C18H22F4N2O5S. The topological polar surface area (TPSA) is 76.2 Å². The fraction of sp³-hybridized carbons (Fsp3) is 0.500. The van der Waals surface area contributed by atoms with Crippen molar-refractivity contribution < 1.29 is 40.2 Å². The Kier molecular flexibility index (Phi) is 8.07. The predicted molar refractivity (Wildman–Crippen MR) is 101 cm³/mol. The zero-order chi connectivity index (χ0) is 22.5. The van der Waals surface area contributed by atoms with E-state index in [0.717, 1.165) is 24.5 Å². The first kappa shape index (κ1) is 23.9. The Balaban J connectivity index is 2.05. The van der Waals surface area contributed by atoms with Crippen LogP contribution in [0.15, 0.2) is 24.3 Å². The number of amides is 1. The van der Waals surface area contributed by atoms with Crippen molar-refractivity contribution in [1.82, 2.24) is 9.21 Å². The van der Waals surface area contributed by atoms with E-state index >= 15 is 0 Å². The molecule has 1 aliphatic heterocycles. The molecule has 1 amide bonds. The summed E-state index contributed by atoms with van der Waals surface area (Å²) in [6.07, 6.45) is 4.43. The normalized spacial score (nSPS) is 16.1. The number of sulfonamides is 1. The molecule has 1 saturated heterocycles. The summed E-state index contributed by atoms with van der Waals surface area (Å²) in [4.78, 5) is 13.9. The van der Waals surface area contributed by atoms with E-state index < -0.39 is 34.9 Å². The highest BCUT2D eigenvalue weighted by Gasteiger charge is 2.28. The van der Waals surface area contributed by atoms with Crippen molar-refractivity contribution in [3.05, 3.63) is 29.8 Å². The molecule has 1 aromatic carbocycles. The summed E-state index contributed by atoms with van der Waals surface area (Å²) in [7, 11) is -1.84. The van der Waals surface area contributed by atoms with Gasteiger partial charge in [0.1, 0.15) is 11.5 Å². The molecule has 12 heteroatoms. The Bertz CT molecular complexity index is 871. The van der Waals surface area contributed by atoms with Gasteiger partial charge in [-0.3, -0.25) is 4.79 Å². The van der Waals surface area contributed by atoms with Gasteiger partial charge in [-0.15, -0.1) is 0 Å². The van der Waals surface area contributed by atoms with Gasteiger partial charge in [-0.25, -0.2) is 12.7 Å². The SMILES string of the molecule is CN(C1CCN(C(=O)/C=C/c2ccc(OC(F)F)cc2OC(F)F)CC1)S(C)(=O)=O. The highest BCUT2D eigenvalue weighted by Crippen LogP contribution is 2.28. The first-order chi connectivity index (χ1) is 14.0. The number of carbonyl (C=O) groups is 1. The molecule has 0 spiro atoms. The Morgan fingerprint density at radius 2 is 1.77 bits per heavy atom. The molecule has 2 rings (SSSR count). The van der Waals surface area contributed by atoms with E-state index in [1.54, 1.807) is 0 Å². The summed E-state index contributed by atoms with van der Waals surface area (Å²) in [5, 5.41) is 0. The molecule has 1 aliphatic rings. The van der Waals surface area contributed by atoms with Crippen LogP contribution in [0, 0.1) is 0 Å². The molecule has 30 heavy (non-hydrogen) atoms. The lowest BCUT2D eigenvalue weighted by molar-refractivity contribution is -0.127. The second kappa shape index (κ2) is 10.1. The molecule has 0 atom stereocenters. The summed E-state index contributed by atoms with van der Waals surface area (Å²) < 4.78 is 82.8. The van der Waals surface area contributed by atoms with Crippen molar-refractivity contribution in [2.75, 3.05) is 26.4 Å².